The molecule has 1 aromatic carbocycles. The summed E-state index contributed by atoms with van der Waals surface area (Å²) < 4.78 is 59.9. The van der Waals surface area contributed by atoms with E-state index in [1.54, 1.807) is 24.3 Å². The van der Waals surface area contributed by atoms with Crippen LogP contribution in [0.25, 0.3) is 0 Å². The Morgan fingerprint density at radius 3 is 2.00 bits per heavy atom. The number of benzene rings is 1. The molecule has 4 rings (SSSR count). The van der Waals surface area contributed by atoms with Crippen LogP contribution in [0.5, 0.6) is 0 Å². The third kappa shape index (κ3) is 10.7. The Hall–Kier alpha value is -1.95. The Labute approximate surface area is 221 Å². The summed E-state index contributed by atoms with van der Waals surface area (Å²) in [4.78, 5) is 11.3. The summed E-state index contributed by atoms with van der Waals surface area (Å²) in [5.41, 5.74) is 1.78. The van der Waals surface area contributed by atoms with E-state index >= 15 is 0 Å². The van der Waals surface area contributed by atoms with Crippen molar-refractivity contribution < 1.29 is 57.7 Å². The van der Waals surface area contributed by atoms with E-state index in [0.717, 1.165) is 11.1 Å². The van der Waals surface area contributed by atoms with Crippen molar-refractivity contribution in [3.8, 4) is 0 Å². The molecule has 11 heteroatoms. The number of fused-ring (bicyclic) bond motifs is 1. The van der Waals surface area contributed by atoms with Crippen molar-refractivity contribution in [2.75, 3.05) is 19.8 Å². The van der Waals surface area contributed by atoms with Gasteiger partial charge in [0.25, 0.3) is 0 Å². The summed E-state index contributed by atoms with van der Waals surface area (Å²) in [7, 11) is -3.74. The Morgan fingerprint density at radius 1 is 1.06 bits per heavy atom. The number of carbonyl (C=O) groups is 1. The Morgan fingerprint density at radius 2 is 1.54 bits per heavy atom. The molecule has 3 aliphatic rings. The van der Waals surface area contributed by atoms with Crippen molar-refractivity contribution in [2.24, 2.45) is 5.92 Å². The zero-order valence-electron chi connectivity index (χ0n) is 19.7. The molecule has 9 nitrogen and oxygen atoms in total. The minimum absolute atomic E-state index is 0. The van der Waals surface area contributed by atoms with Gasteiger partial charge in [0.1, 0.15) is 6.61 Å². The van der Waals surface area contributed by atoms with Crippen molar-refractivity contribution in [1.82, 2.24) is 4.31 Å². The zero-order valence-corrected chi connectivity index (χ0v) is 23.4. The second-order valence-electron chi connectivity index (χ2n) is 7.51. The second-order valence-corrected chi connectivity index (χ2v) is 9.33. The van der Waals surface area contributed by atoms with Gasteiger partial charge in [0.15, 0.2) is 0 Å². The van der Waals surface area contributed by atoms with E-state index in [-0.39, 0.29) is 38.5 Å². The van der Waals surface area contributed by atoms with E-state index in [1.165, 1.54) is 43.3 Å². The average Bonchev–Trinajstić information content (AvgIpc) is 3.62. The molecule has 0 aromatic heterocycles. The average molecular weight is 674 g/mol. The van der Waals surface area contributed by atoms with Crippen LogP contribution >= 0.6 is 0 Å². The fraction of sp³-hybridized carbons (Fsp3) is 0.500. The van der Waals surface area contributed by atoms with Crippen LogP contribution in [-0.4, -0.2) is 44.6 Å². The molecule has 1 saturated heterocycles. The summed E-state index contributed by atoms with van der Waals surface area (Å²) >= 11 is 0. The maximum Gasteiger partial charge on any atom is 2.00 e. The number of sulfonamides is 1. The van der Waals surface area contributed by atoms with Crippen molar-refractivity contribution in [1.29, 1.82) is 0 Å². The minimum atomic E-state index is -3.74. The van der Waals surface area contributed by atoms with Crippen LogP contribution in [0.1, 0.15) is 44.6 Å². The minimum Gasteiger partial charge on any atom is 2.00 e. The largest absolute Gasteiger partial charge is 2.00 e. The van der Waals surface area contributed by atoms with Crippen LogP contribution in [0.2, 0.25) is 0 Å². The van der Waals surface area contributed by atoms with Gasteiger partial charge in [0.2, 0.25) is 10.0 Å². The van der Waals surface area contributed by atoms with Crippen molar-refractivity contribution >= 4 is 16.0 Å². The third-order valence-electron chi connectivity index (χ3n) is 5.31. The monoisotopic (exact) mass is 674 g/mol. The van der Waals surface area contributed by atoms with Gasteiger partial charge in [-0.05, 0) is 25.0 Å². The third-order valence-corrected chi connectivity index (χ3v) is 7.06. The van der Waals surface area contributed by atoms with Gasteiger partial charge in [-0.15, -0.1) is 0 Å². The first-order valence-electron chi connectivity index (χ1n) is 10.5. The van der Waals surface area contributed by atoms with Crippen LogP contribution in [0.15, 0.2) is 34.7 Å². The molecule has 2 fully saturated rings. The molecular weight excluding hydrogens is 646 g/mol. The topological polar surface area (TPSA) is 133 Å². The maximum absolute atomic E-state index is 12.9. The quantitative estimate of drug-likeness (QED) is 0.275. The predicted molar refractivity (Wildman–Crippen MR) is 117 cm³/mol. The molecule has 0 spiro atoms. The molecule has 0 radical (unpaired) electrons. The first kappa shape index (κ1) is 35.2. The number of hydrogen-bond acceptors (Lipinski definition) is 5. The van der Waals surface area contributed by atoms with E-state index in [1.807, 2.05) is 6.92 Å². The summed E-state index contributed by atoms with van der Waals surface area (Å²) in [5, 5.41) is 0. The van der Waals surface area contributed by atoms with Gasteiger partial charge in [-0.25, -0.2) is 14.0 Å². The van der Waals surface area contributed by atoms with Crippen molar-refractivity contribution in [3.63, 3.8) is 0 Å². The van der Waals surface area contributed by atoms with Gasteiger partial charge < -0.3 is 20.0 Å². The van der Waals surface area contributed by atoms with E-state index in [9.17, 15) is 13.2 Å². The Bertz CT molecular complexity index is 928. The maximum atomic E-state index is 12.9. The number of carbonyl (C=O) groups excluding carboxylic acids is 1. The number of hydrogen-bond donors (Lipinski definition) is 0. The van der Waals surface area contributed by atoms with Crippen LogP contribution in [0.4, 0.5) is 0 Å². The number of ether oxygens (including phenoxy) is 2. The first-order chi connectivity index (χ1) is 16.4. The van der Waals surface area contributed by atoms with Gasteiger partial charge in [0, 0.05) is 13.5 Å². The standard InChI is InChI=1S/C16H18NO5S.C5H10.3CO.W/c1-11-3-5-14(6-4-11)23(19,20)17-7-13-8-21-9-15(13)16(17)10-22-12(2)18;1-2-4-5-3-1;3*1-2;/h3-6,15-16H,8-10H2,1-2H3;1-5H2;;;;/q-1;;;;;+2/t15-,16-;;;;;/m0...../s1. The molecule has 1 aliphatic carbocycles. The summed E-state index contributed by atoms with van der Waals surface area (Å²) in [6.07, 6.45) is 10.4. The van der Waals surface area contributed by atoms with Crippen molar-refractivity contribution in [2.45, 2.75) is 56.9 Å². The normalized spacial score (nSPS) is 19.1. The van der Waals surface area contributed by atoms with Gasteiger partial charge in [-0.2, -0.15) is 0 Å². The number of aryl methyl sites for hydroxylation is 1. The molecule has 35 heavy (non-hydrogen) atoms. The molecule has 2 aliphatic heterocycles. The van der Waals surface area contributed by atoms with Gasteiger partial charge in [-0.3, -0.25) is 4.79 Å². The molecule has 1 aromatic rings. The van der Waals surface area contributed by atoms with Crippen LogP contribution < -0.4 is 0 Å². The molecule has 2 heterocycles. The first-order valence-corrected chi connectivity index (χ1v) is 11.9. The molecular formula is C24H28NO8SW+. The molecule has 0 bridgehead atoms. The molecule has 2 atom stereocenters. The van der Waals surface area contributed by atoms with Gasteiger partial charge >= 0.3 is 60.9 Å². The molecule has 0 amide bonds. The van der Waals surface area contributed by atoms with Crippen LogP contribution in [-0.2, 0) is 59.3 Å². The van der Waals surface area contributed by atoms with Crippen molar-refractivity contribution in [3.05, 3.63) is 61.6 Å². The fourth-order valence-electron chi connectivity index (χ4n) is 3.68. The fourth-order valence-corrected chi connectivity index (χ4v) is 5.19. The van der Waals surface area contributed by atoms with E-state index in [2.05, 4.69) is 26.2 Å². The predicted octanol–water partition coefficient (Wildman–Crippen LogP) is 3.10. The SMILES string of the molecule is C1CCCC1.CC(=O)OC[C@H]1[C@H]2COCC2=[C-]N1S(=O)(=O)c1ccc(C)cc1.[C-]#[O+].[C-]#[O+].[C-]#[O+].[W+2]. The zero-order chi connectivity index (χ0) is 26.1. The Kier molecular flexibility index (Phi) is 19.4. The number of esters is 1. The van der Waals surface area contributed by atoms with E-state index < -0.39 is 22.0 Å². The summed E-state index contributed by atoms with van der Waals surface area (Å²) in [6.45, 7) is 17.5. The van der Waals surface area contributed by atoms with E-state index in [4.69, 9.17) is 23.4 Å². The van der Waals surface area contributed by atoms with E-state index in [0.29, 0.717) is 13.2 Å². The summed E-state index contributed by atoms with van der Waals surface area (Å²) in [6, 6.07) is 6.14. The van der Waals surface area contributed by atoms with Crippen LogP contribution in [0, 0.1) is 39.0 Å². The van der Waals surface area contributed by atoms with Gasteiger partial charge in [0.05, 0.1) is 17.5 Å². The Balaban J connectivity index is 0. The summed E-state index contributed by atoms with van der Waals surface area (Å²) in [5.74, 6) is -0.556. The molecule has 0 unspecified atom stereocenters. The van der Waals surface area contributed by atoms with Gasteiger partial charge in [-0.1, -0.05) is 49.8 Å². The van der Waals surface area contributed by atoms with Crippen LogP contribution in [0.3, 0.4) is 0 Å². The number of rotatable bonds is 4. The molecule has 188 valence electrons. The molecule has 0 N–H and O–H groups in total. The molecule has 1 saturated carbocycles. The second kappa shape index (κ2) is 19.3. The number of nitrogens with zero attached hydrogens (tertiary/aromatic N) is 1. The smallest absolute Gasteiger partial charge is 2.00 e.